The number of guanidine groups is 1. The number of aliphatic imine (C=N–C) groups is 1. The van der Waals surface area contributed by atoms with Gasteiger partial charge in [0.2, 0.25) is 0 Å². The molecule has 0 amide bonds. The smallest absolute Gasteiger partial charge is 0.191 e. The number of hydrogen-bond acceptors (Lipinski definition) is 3. The van der Waals surface area contributed by atoms with Crippen LogP contribution in [-0.2, 0) is 4.74 Å². The zero-order valence-electron chi connectivity index (χ0n) is 14.2. The maximum Gasteiger partial charge on any atom is 0.191 e. The number of nitrogens with one attached hydrogen (secondary N) is 2. The van der Waals surface area contributed by atoms with Gasteiger partial charge >= 0.3 is 0 Å². The van der Waals surface area contributed by atoms with Crippen molar-refractivity contribution in [2.24, 2.45) is 10.4 Å². The summed E-state index contributed by atoms with van der Waals surface area (Å²) in [7, 11) is 1.86. The molecule has 4 nitrogen and oxygen atoms in total. The highest BCUT2D eigenvalue weighted by Gasteiger charge is 2.56. The lowest BCUT2D eigenvalue weighted by Crippen LogP contribution is -2.65. The molecule has 0 aromatic heterocycles. The maximum absolute atomic E-state index is 5.97. The van der Waals surface area contributed by atoms with E-state index in [4.69, 9.17) is 4.74 Å². The van der Waals surface area contributed by atoms with Crippen LogP contribution in [0.3, 0.4) is 0 Å². The van der Waals surface area contributed by atoms with Crippen molar-refractivity contribution in [3.63, 3.8) is 0 Å². The fourth-order valence-corrected chi connectivity index (χ4v) is 4.30. The third-order valence-corrected chi connectivity index (χ3v) is 5.74. The Morgan fingerprint density at radius 1 is 1.36 bits per heavy atom. The lowest BCUT2D eigenvalue weighted by atomic mass is 9.60. The monoisotopic (exact) mass is 441 g/mol. The Balaban J connectivity index is 0.00000242. The van der Waals surface area contributed by atoms with Crippen LogP contribution in [-0.4, -0.2) is 50.3 Å². The van der Waals surface area contributed by atoms with Crippen LogP contribution in [0.15, 0.2) is 4.99 Å². The van der Waals surface area contributed by atoms with E-state index in [1.54, 1.807) is 0 Å². The van der Waals surface area contributed by atoms with Gasteiger partial charge in [0.05, 0.1) is 6.10 Å². The summed E-state index contributed by atoms with van der Waals surface area (Å²) in [5.74, 6) is 2.16. The summed E-state index contributed by atoms with van der Waals surface area (Å²) in [5.41, 5.74) is 0.368. The molecule has 0 saturated heterocycles. The van der Waals surface area contributed by atoms with Crippen LogP contribution in [0.25, 0.3) is 0 Å². The zero-order chi connectivity index (χ0) is 15.1. The molecule has 2 N–H and O–H groups in total. The van der Waals surface area contributed by atoms with Gasteiger partial charge in [-0.25, -0.2) is 0 Å². The van der Waals surface area contributed by atoms with Crippen LogP contribution >= 0.6 is 35.7 Å². The van der Waals surface area contributed by atoms with Crippen molar-refractivity contribution >= 4 is 41.7 Å². The number of nitrogens with zero attached hydrogens (tertiary/aromatic N) is 1. The molecular formula is C16H32IN3OS. The number of rotatable bonds is 7. The second kappa shape index (κ2) is 10.2. The average Bonchev–Trinajstić information content (AvgIpc) is 3.01. The largest absolute Gasteiger partial charge is 0.378 e. The first-order chi connectivity index (χ1) is 10.3. The first-order valence-corrected chi connectivity index (χ1v) is 9.74. The third kappa shape index (κ3) is 4.66. The molecule has 2 rings (SSSR count). The molecule has 2 fully saturated rings. The second-order valence-corrected chi connectivity index (χ2v) is 7.15. The SMILES string of the molecule is CCOC1CC(NC(=NC)NCCCSC)C12CCCC2.I. The fourth-order valence-electron chi connectivity index (χ4n) is 3.87. The van der Waals surface area contributed by atoms with Crippen molar-refractivity contribution in [3.05, 3.63) is 0 Å². The van der Waals surface area contributed by atoms with E-state index in [2.05, 4.69) is 28.8 Å². The van der Waals surface area contributed by atoms with Crippen molar-refractivity contribution in [1.82, 2.24) is 10.6 Å². The standard InChI is InChI=1S/C16H31N3OS.HI/c1-4-20-14-12-13(16(14)8-5-6-9-16)19-15(17-2)18-10-7-11-21-3;/h13-14H,4-12H2,1-3H3,(H2,17,18,19);1H. The molecule has 0 heterocycles. The quantitative estimate of drug-likeness (QED) is 0.276. The van der Waals surface area contributed by atoms with E-state index in [1.165, 1.54) is 37.9 Å². The molecule has 0 aromatic carbocycles. The molecule has 2 atom stereocenters. The van der Waals surface area contributed by atoms with Crippen LogP contribution in [0.4, 0.5) is 0 Å². The molecule has 0 bridgehead atoms. The van der Waals surface area contributed by atoms with Gasteiger partial charge in [-0.05, 0) is 44.6 Å². The van der Waals surface area contributed by atoms with E-state index in [0.717, 1.165) is 25.5 Å². The summed E-state index contributed by atoms with van der Waals surface area (Å²) in [5, 5.41) is 7.09. The van der Waals surface area contributed by atoms with Gasteiger partial charge in [0.15, 0.2) is 5.96 Å². The Bertz CT molecular complexity index is 348. The minimum atomic E-state index is 0. The summed E-state index contributed by atoms with van der Waals surface area (Å²) in [6.07, 6.45) is 10.2. The molecule has 0 aromatic rings. The number of ether oxygens (including phenoxy) is 1. The van der Waals surface area contributed by atoms with E-state index < -0.39 is 0 Å². The second-order valence-electron chi connectivity index (χ2n) is 6.16. The van der Waals surface area contributed by atoms with E-state index in [0.29, 0.717) is 17.6 Å². The molecule has 1 spiro atoms. The van der Waals surface area contributed by atoms with E-state index in [9.17, 15) is 0 Å². The van der Waals surface area contributed by atoms with Crippen molar-refractivity contribution in [2.45, 2.75) is 57.6 Å². The van der Waals surface area contributed by atoms with Gasteiger partial charge < -0.3 is 15.4 Å². The summed E-state index contributed by atoms with van der Waals surface area (Å²) in [6, 6.07) is 0.531. The van der Waals surface area contributed by atoms with Crippen LogP contribution in [0.1, 0.15) is 45.4 Å². The average molecular weight is 441 g/mol. The first kappa shape index (κ1) is 20.4. The number of thioether (sulfide) groups is 1. The first-order valence-electron chi connectivity index (χ1n) is 8.34. The fraction of sp³-hybridized carbons (Fsp3) is 0.938. The molecule has 2 aliphatic carbocycles. The third-order valence-electron chi connectivity index (χ3n) is 5.04. The Kier molecular flexibility index (Phi) is 9.47. The Morgan fingerprint density at radius 2 is 2.09 bits per heavy atom. The van der Waals surface area contributed by atoms with Crippen molar-refractivity contribution in [2.75, 3.05) is 32.2 Å². The minimum Gasteiger partial charge on any atom is -0.378 e. The topological polar surface area (TPSA) is 45.6 Å². The van der Waals surface area contributed by atoms with E-state index in [-0.39, 0.29) is 24.0 Å². The maximum atomic E-state index is 5.97. The van der Waals surface area contributed by atoms with E-state index >= 15 is 0 Å². The molecule has 0 radical (unpaired) electrons. The lowest BCUT2D eigenvalue weighted by Gasteiger charge is -2.54. The van der Waals surface area contributed by atoms with Gasteiger partial charge in [-0.3, -0.25) is 4.99 Å². The van der Waals surface area contributed by atoms with Crippen LogP contribution in [0.2, 0.25) is 0 Å². The molecule has 2 aliphatic rings. The Hall–Kier alpha value is 0.310. The van der Waals surface area contributed by atoms with Gasteiger partial charge in [0.1, 0.15) is 0 Å². The van der Waals surface area contributed by atoms with Crippen LogP contribution < -0.4 is 10.6 Å². The Labute approximate surface area is 157 Å². The normalized spacial score (nSPS) is 26.4. The van der Waals surface area contributed by atoms with Crippen LogP contribution in [0, 0.1) is 5.41 Å². The van der Waals surface area contributed by atoms with Crippen molar-refractivity contribution in [1.29, 1.82) is 0 Å². The highest BCUT2D eigenvalue weighted by Crippen LogP contribution is 2.54. The van der Waals surface area contributed by atoms with E-state index in [1.807, 2.05) is 18.8 Å². The number of halogens is 1. The van der Waals surface area contributed by atoms with Crippen LogP contribution in [0.5, 0.6) is 0 Å². The molecule has 2 unspecified atom stereocenters. The highest BCUT2D eigenvalue weighted by atomic mass is 127. The predicted octanol–water partition coefficient (Wildman–Crippen LogP) is 3.26. The number of hydrogen-bond donors (Lipinski definition) is 2. The predicted molar refractivity (Wildman–Crippen MR) is 108 cm³/mol. The summed E-state index contributed by atoms with van der Waals surface area (Å²) in [4.78, 5) is 4.38. The molecule has 0 aliphatic heterocycles. The highest BCUT2D eigenvalue weighted by molar-refractivity contribution is 14.0. The van der Waals surface area contributed by atoms with Crippen molar-refractivity contribution < 1.29 is 4.74 Å². The van der Waals surface area contributed by atoms with Gasteiger partial charge in [-0.1, -0.05) is 12.8 Å². The van der Waals surface area contributed by atoms with Gasteiger partial charge in [-0.2, -0.15) is 11.8 Å². The van der Waals surface area contributed by atoms with Gasteiger partial charge in [0, 0.05) is 31.7 Å². The molecule has 22 heavy (non-hydrogen) atoms. The van der Waals surface area contributed by atoms with Gasteiger partial charge in [0.25, 0.3) is 0 Å². The molecular weight excluding hydrogens is 409 g/mol. The molecule has 2 saturated carbocycles. The summed E-state index contributed by atoms with van der Waals surface area (Å²) in [6.45, 7) is 3.94. The molecule has 6 heteroatoms. The Morgan fingerprint density at radius 3 is 2.68 bits per heavy atom. The minimum absolute atomic E-state index is 0. The van der Waals surface area contributed by atoms with Crippen molar-refractivity contribution in [3.8, 4) is 0 Å². The van der Waals surface area contributed by atoms with Gasteiger partial charge in [-0.15, -0.1) is 24.0 Å². The summed E-state index contributed by atoms with van der Waals surface area (Å²) < 4.78 is 5.97. The zero-order valence-corrected chi connectivity index (χ0v) is 17.3. The molecule has 130 valence electrons. The summed E-state index contributed by atoms with van der Waals surface area (Å²) >= 11 is 1.89. The lowest BCUT2D eigenvalue weighted by molar-refractivity contribution is -0.125.